The Balaban J connectivity index is 1.97. The van der Waals surface area contributed by atoms with E-state index in [1.807, 2.05) is 0 Å². The number of carboxylic acids is 1. The molecule has 0 aliphatic carbocycles. The molecule has 2 aromatic rings. The molecule has 0 saturated carbocycles. The van der Waals surface area contributed by atoms with Crippen LogP contribution in [0.25, 0.3) is 0 Å². The van der Waals surface area contributed by atoms with E-state index in [1.165, 1.54) is 18.2 Å². The van der Waals surface area contributed by atoms with Crippen molar-refractivity contribution in [3.63, 3.8) is 0 Å². The Hall–Kier alpha value is -1.89. The molecule has 0 heterocycles. The zero-order chi connectivity index (χ0) is 17.7. The molecule has 0 aromatic heterocycles. The lowest BCUT2D eigenvalue weighted by molar-refractivity contribution is -0.113. The van der Waals surface area contributed by atoms with E-state index in [-0.39, 0.29) is 17.1 Å². The highest BCUT2D eigenvalue weighted by Crippen LogP contribution is 2.25. The Morgan fingerprint density at radius 1 is 1.12 bits per heavy atom. The fraction of sp³-hybridized carbons (Fsp3) is 0.125. The zero-order valence-corrected chi connectivity index (χ0v) is 14.6. The summed E-state index contributed by atoms with van der Waals surface area (Å²) in [5.41, 5.74) is 1.04. The maximum absolute atomic E-state index is 12.1. The average Bonchev–Trinajstić information content (AvgIpc) is 2.51. The van der Waals surface area contributed by atoms with Gasteiger partial charge < -0.3 is 10.4 Å². The minimum absolute atomic E-state index is 0.0812. The van der Waals surface area contributed by atoms with Crippen molar-refractivity contribution in [3.8, 4) is 0 Å². The minimum Gasteiger partial charge on any atom is -0.478 e. The first kappa shape index (κ1) is 18.4. The zero-order valence-electron chi connectivity index (χ0n) is 12.3. The molecule has 24 heavy (non-hydrogen) atoms. The Kier molecular flexibility index (Phi) is 6.36. The number of rotatable bonds is 6. The van der Waals surface area contributed by atoms with Crippen LogP contribution in [-0.4, -0.2) is 26.9 Å². The summed E-state index contributed by atoms with van der Waals surface area (Å²) in [4.78, 5) is 22.9. The molecule has 0 spiro atoms. The van der Waals surface area contributed by atoms with Gasteiger partial charge in [0.25, 0.3) is 0 Å². The van der Waals surface area contributed by atoms with E-state index < -0.39 is 22.7 Å². The lowest BCUT2D eigenvalue weighted by Crippen LogP contribution is -2.20. The number of carbonyl (C=O) groups is 2. The van der Waals surface area contributed by atoms with Gasteiger partial charge in [-0.15, -0.1) is 0 Å². The lowest BCUT2D eigenvalue weighted by Gasteiger charge is -2.08. The third-order valence-corrected chi connectivity index (χ3v) is 4.80. The van der Waals surface area contributed by atoms with Crippen molar-refractivity contribution in [1.29, 1.82) is 0 Å². The molecule has 0 fully saturated rings. The van der Waals surface area contributed by atoms with Crippen LogP contribution in [0.2, 0.25) is 10.0 Å². The number of hydrogen-bond acceptors (Lipinski definition) is 3. The maximum atomic E-state index is 12.1. The monoisotopic (exact) mass is 385 g/mol. The highest BCUT2D eigenvalue weighted by molar-refractivity contribution is 7.84. The Morgan fingerprint density at radius 3 is 2.58 bits per heavy atom. The SMILES string of the molecule is O=C(CS(=O)Cc1cccc(C(=O)O)c1)Nc1cc(Cl)ccc1Cl. The molecule has 2 aromatic carbocycles. The van der Waals surface area contributed by atoms with E-state index in [0.717, 1.165) is 0 Å². The fourth-order valence-corrected chi connectivity index (χ4v) is 3.31. The summed E-state index contributed by atoms with van der Waals surface area (Å²) in [7, 11) is -1.49. The van der Waals surface area contributed by atoms with Gasteiger partial charge in [-0.25, -0.2) is 4.79 Å². The average molecular weight is 386 g/mol. The molecule has 0 radical (unpaired) electrons. The number of hydrogen-bond donors (Lipinski definition) is 2. The first-order chi connectivity index (χ1) is 11.3. The third kappa shape index (κ3) is 5.33. The van der Waals surface area contributed by atoms with Crippen LogP contribution < -0.4 is 5.32 Å². The summed E-state index contributed by atoms with van der Waals surface area (Å²) < 4.78 is 12.1. The molecule has 2 rings (SSSR count). The highest BCUT2D eigenvalue weighted by atomic mass is 35.5. The number of amides is 1. The van der Waals surface area contributed by atoms with Crippen molar-refractivity contribution < 1.29 is 18.9 Å². The minimum atomic E-state index is -1.49. The Labute approximate surface area is 151 Å². The number of halogens is 2. The van der Waals surface area contributed by atoms with Crippen LogP contribution in [0.1, 0.15) is 15.9 Å². The molecule has 0 aliphatic rings. The van der Waals surface area contributed by atoms with Gasteiger partial charge in [0, 0.05) is 21.6 Å². The Morgan fingerprint density at radius 2 is 1.88 bits per heavy atom. The first-order valence-corrected chi connectivity index (χ1v) is 9.01. The van der Waals surface area contributed by atoms with Gasteiger partial charge in [0.05, 0.1) is 16.3 Å². The molecule has 0 saturated heterocycles. The molecule has 1 atom stereocenters. The fourth-order valence-electron chi connectivity index (χ4n) is 1.96. The van der Waals surface area contributed by atoms with Crippen molar-refractivity contribution in [1.82, 2.24) is 0 Å². The first-order valence-electron chi connectivity index (χ1n) is 6.77. The van der Waals surface area contributed by atoms with Crippen molar-refractivity contribution >= 4 is 51.6 Å². The van der Waals surface area contributed by atoms with Gasteiger partial charge in [-0.05, 0) is 35.9 Å². The molecule has 0 aliphatic heterocycles. The van der Waals surface area contributed by atoms with Gasteiger partial charge in [-0.1, -0.05) is 35.3 Å². The van der Waals surface area contributed by atoms with Crippen LogP contribution in [0.5, 0.6) is 0 Å². The molecule has 5 nitrogen and oxygen atoms in total. The standard InChI is InChI=1S/C16H13Cl2NO4S/c17-12-4-5-13(18)14(7-12)19-15(20)9-24(23)8-10-2-1-3-11(6-10)16(21)22/h1-7H,8-9H2,(H,19,20)(H,21,22). The number of nitrogens with one attached hydrogen (secondary N) is 1. The van der Waals surface area contributed by atoms with Crippen LogP contribution in [0.15, 0.2) is 42.5 Å². The lowest BCUT2D eigenvalue weighted by atomic mass is 10.1. The van der Waals surface area contributed by atoms with E-state index in [2.05, 4.69) is 5.32 Å². The predicted molar refractivity (Wildman–Crippen MR) is 95.2 cm³/mol. The second kappa shape index (κ2) is 8.28. The normalized spacial score (nSPS) is 11.8. The van der Waals surface area contributed by atoms with E-state index >= 15 is 0 Å². The largest absolute Gasteiger partial charge is 0.478 e. The van der Waals surface area contributed by atoms with Crippen molar-refractivity contribution in [2.24, 2.45) is 0 Å². The third-order valence-electron chi connectivity index (χ3n) is 3.00. The quantitative estimate of drug-likeness (QED) is 0.795. The van der Waals surface area contributed by atoms with Crippen LogP contribution >= 0.6 is 23.2 Å². The molecular weight excluding hydrogens is 373 g/mol. The maximum Gasteiger partial charge on any atom is 0.335 e. The number of benzene rings is 2. The van der Waals surface area contributed by atoms with Crippen molar-refractivity contribution in [3.05, 3.63) is 63.6 Å². The second-order valence-electron chi connectivity index (χ2n) is 4.91. The molecule has 126 valence electrons. The van der Waals surface area contributed by atoms with Crippen LogP contribution in [-0.2, 0) is 21.3 Å². The summed E-state index contributed by atoms with van der Waals surface area (Å²) >= 11 is 11.8. The van der Waals surface area contributed by atoms with Gasteiger partial charge in [0.15, 0.2) is 0 Å². The second-order valence-corrected chi connectivity index (χ2v) is 7.21. The van der Waals surface area contributed by atoms with Gasteiger partial charge in [-0.3, -0.25) is 9.00 Å². The Bertz CT molecular complexity index is 810. The molecule has 1 unspecified atom stereocenters. The summed E-state index contributed by atoms with van der Waals surface area (Å²) in [5, 5.41) is 12.2. The number of carboxylic acid groups (broad SMARTS) is 1. The summed E-state index contributed by atoms with van der Waals surface area (Å²) in [6.07, 6.45) is 0. The molecular formula is C16H13Cl2NO4S. The summed E-state index contributed by atoms with van der Waals surface area (Å²) in [6.45, 7) is 0. The number of carbonyl (C=O) groups excluding carboxylic acids is 1. The van der Waals surface area contributed by atoms with E-state index in [1.54, 1.807) is 24.3 Å². The van der Waals surface area contributed by atoms with Crippen LogP contribution in [0, 0.1) is 0 Å². The number of anilines is 1. The van der Waals surface area contributed by atoms with E-state index in [9.17, 15) is 13.8 Å². The molecule has 1 amide bonds. The topological polar surface area (TPSA) is 83.5 Å². The van der Waals surface area contributed by atoms with Gasteiger partial charge in [0.2, 0.25) is 5.91 Å². The smallest absolute Gasteiger partial charge is 0.335 e. The molecule has 8 heteroatoms. The van der Waals surface area contributed by atoms with E-state index in [4.69, 9.17) is 28.3 Å². The van der Waals surface area contributed by atoms with Crippen molar-refractivity contribution in [2.45, 2.75) is 5.75 Å². The van der Waals surface area contributed by atoms with Gasteiger partial charge >= 0.3 is 5.97 Å². The van der Waals surface area contributed by atoms with E-state index in [0.29, 0.717) is 21.3 Å². The van der Waals surface area contributed by atoms with Crippen LogP contribution in [0.3, 0.4) is 0 Å². The molecule has 2 N–H and O–H groups in total. The highest BCUT2D eigenvalue weighted by Gasteiger charge is 2.12. The predicted octanol–water partition coefficient (Wildman–Crippen LogP) is 3.58. The van der Waals surface area contributed by atoms with Crippen LogP contribution in [0.4, 0.5) is 5.69 Å². The number of aromatic carboxylic acids is 1. The van der Waals surface area contributed by atoms with Crippen molar-refractivity contribution in [2.75, 3.05) is 11.1 Å². The van der Waals surface area contributed by atoms with Gasteiger partial charge in [-0.2, -0.15) is 0 Å². The summed E-state index contributed by atoms with van der Waals surface area (Å²) in [5.74, 6) is -1.68. The molecule has 0 bridgehead atoms. The summed E-state index contributed by atoms with van der Waals surface area (Å²) in [6, 6.07) is 10.8. The van der Waals surface area contributed by atoms with Gasteiger partial charge in [0.1, 0.15) is 5.75 Å².